The van der Waals surface area contributed by atoms with Gasteiger partial charge in [-0.25, -0.2) is 14.8 Å². The van der Waals surface area contributed by atoms with Crippen LogP contribution >= 0.6 is 0 Å². The molecule has 0 fully saturated rings. The van der Waals surface area contributed by atoms with Crippen LogP contribution in [0.1, 0.15) is 16.3 Å². The second-order valence-electron chi connectivity index (χ2n) is 4.06. The molecule has 2 rings (SSSR count). The lowest BCUT2D eigenvalue weighted by atomic mass is 10.1. The predicted molar refractivity (Wildman–Crippen MR) is 72.3 cm³/mol. The molecule has 0 aliphatic carbocycles. The van der Waals surface area contributed by atoms with Gasteiger partial charge in [-0.1, -0.05) is 0 Å². The van der Waals surface area contributed by atoms with Gasteiger partial charge in [-0.2, -0.15) is 0 Å². The molecule has 0 amide bonds. The minimum absolute atomic E-state index is 0.0396. The number of hydrogen-bond acceptors (Lipinski definition) is 5. The van der Waals surface area contributed by atoms with Crippen LogP contribution in [0.3, 0.4) is 0 Å². The molecule has 20 heavy (non-hydrogen) atoms. The number of benzene rings is 1. The molecular formula is C14H14N2O4. The third kappa shape index (κ3) is 2.69. The summed E-state index contributed by atoms with van der Waals surface area (Å²) >= 11 is 0. The summed E-state index contributed by atoms with van der Waals surface area (Å²) in [4.78, 5) is 19.1. The van der Waals surface area contributed by atoms with Crippen molar-refractivity contribution in [3.05, 3.63) is 35.8 Å². The number of carboxylic acids is 1. The topological polar surface area (TPSA) is 81.5 Å². The SMILES string of the molecule is COc1ccc(-c2cc(C(=O)O)nc(C)n2)cc1OC. The molecule has 1 aromatic heterocycles. The van der Waals surface area contributed by atoms with Gasteiger partial charge in [-0.3, -0.25) is 0 Å². The molecule has 0 aliphatic heterocycles. The van der Waals surface area contributed by atoms with Gasteiger partial charge in [-0.15, -0.1) is 0 Å². The highest BCUT2D eigenvalue weighted by molar-refractivity contribution is 5.86. The number of aryl methyl sites for hydroxylation is 1. The first-order valence-corrected chi connectivity index (χ1v) is 5.86. The van der Waals surface area contributed by atoms with E-state index in [0.717, 1.165) is 5.56 Å². The number of hydrogen-bond donors (Lipinski definition) is 1. The lowest BCUT2D eigenvalue weighted by Gasteiger charge is -2.10. The standard InChI is InChI=1S/C14H14N2O4/c1-8-15-10(7-11(16-8)14(17)18)9-4-5-12(19-2)13(6-9)20-3/h4-7H,1-3H3,(H,17,18). The zero-order chi connectivity index (χ0) is 14.7. The Morgan fingerprint density at radius 2 is 1.80 bits per heavy atom. The molecule has 0 atom stereocenters. The first-order valence-electron chi connectivity index (χ1n) is 5.86. The van der Waals surface area contributed by atoms with Crippen LogP contribution in [-0.2, 0) is 0 Å². The van der Waals surface area contributed by atoms with Crippen molar-refractivity contribution in [3.63, 3.8) is 0 Å². The summed E-state index contributed by atoms with van der Waals surface area (Å²) in [5.41, 5.74) is 1.22. The number of ether oxygens (including phenoxy) is 2. The molecule has 2 aromatic rings. The summed E-state index contributed by atoms with van der Waals surface area (Å²) in [6.45, 7) is 1.65. The van der Waals surface area contributed by atoms with E-state index in [-0.39, 0.29) is 5.69 Å². The first kappa shape index (κ1) is 13.8. The molecule has 0 aliphatic rings. The summed E-state index contributed by atoms with van der Waals surface area (Å²) in [5.74, 6) is 0.463. The van der Waals surface area contributed by atoms with Crippen LogP contribution in [0.5, 0.6) is 11.5 Å². The van der Waals surface area contributed by atoms with Crippen LogP contribution in [0, 0.1) is 6.92 Å². The minimum atomic E-state index is -1.09. The maximum absolute atomic E-state index is 11.0. The average Bonchev–Trinajstić information content (AvgIpc) is 2.45. The van der Waals surface area contributed by atoms with E-state index in [2.05, 4.69) is 9.97 Å². The van der Waals surface area contributed by atoms with E-state index in [1.54, 1.807) is 32.2 Å². The quantitative estimate of drug-likeness (QED) is 0.920. The molecule has 1 aromatic carbocycles. The van der Waals surface area contributed by atoms with Crippen molar-refractivity contribution >= 4 is 5.97 Å². The molecule has 0 radical (unpaired) electrons. The molecule has 0 unspecified atom stereocenters. The zero-order valence-corrected chi connectivity index (χ0v) is 11.4. The van der Waals surface area contributed by atoms with Gasteiger partial charge >= 0.3 is 5.97 Å². The number of carbonyl (C=O) groups is 1. The van der Waals surface area contributed by atoms with Gasteiger partial charge in [0.1, 0.15) is 5.82 Å². The Morgan fingerprint density at radius 1 is 1.10 bits per heavy atom. The highest BCUT2D eigenvalue weighted by Crippen LogP contribution is 2.31. The maximum Gasteiger partial charge on any atom is 0.354 e. The fourth-order valence-corrected chi connectivity index (χ4v) is 1.82. The van der Waals surface area contributed by atoms with Gasteiger partial charge < -0.3 is 14.6 Å². The Hall–Kier alpha value is -2.63. The molecule has 1 heterocycles. The van der Waals surface area contributed by atoms with Crippen molar-refractivity contribution in [1.29, 1.82) is 0 Å². The Morgan fingerprint density at radius 3 is 2.40 bits per heavy atom. The molecule has 0 bridgehead atoms. The lowest BCUT2D eigenvalue weighted by Crippen LogP contribution is -2.04. The molecule has 0 saturated carbocycles. The van der Waals surface area contributed by atoms with E-state index in [1.807, 2.05) is 0 Å². The molecule has 0 saturated heterocycles. The van der Waals surface area contributed by atoms with E-state index >= 15 is 0 Å². The Bertz CT molecular complexity index is 656. The highest BCUT2D eigenvalue weighted by atomic mass is 16.5. The fraction of sp³-hybridized carbons (Fsp3) is 0.214. The van der Waals surface area contributed by atoms with Gasteiger partial charge in [0.15, 0.2) is 17.2 Å². The lowest BCUT2D eigenvalue weighted by molar-refractivity contribution is 0.0690. The van der Waals surface area contributed by atoms with Gasteiger partial charge in [0.05, 0.1) is 19.9 Å². The molecule has 1 N–H and O–H groups in total. The molecular weight excluding hydrogens is 260 g/mol. The zero-order valence-electron chi connectivity index (χ0n) is 11.4. The Kier molecular flexibility index (Phi) is 3.84. The summed E-state index contributed by atoms with van der Waals surface area (Å²) in [5, 5.41) is 9.03. The molecule has 104 valence electrons. The van der Waals surface area contributed by atoms with Crippen molar-refractivity contribution in [1.82, 2.24) is 9.97 Å². The summed E-state index contributed by atoms with van der Waals surface area (Å²) in [6, 6.07) is 6.70. The third-order valence-corrected chi connectivity index (χ3v) is 2.74. The average molecular weight is 274 g/mol. The van der Waals surface area contributed by atoms with Crippen LogP contribution in [0.25, 0.3) is 11.3 Å². The molecule has 0 spiro atoms. The largest absolute Gasteiger partial charge is 0.493 e. The normalized spacial score (nSPS) is 10.2. The van der Waals surface area contributed by atoms with Crippen molar-refractivity contribution in [2.75, 3.05) is 14.2 Å². The van der Waals surface area contributed by atoms with Crippen molar-refractivity contribution in [3.8, 4) is 22.8 Å². The number of methoxy groups -OCH3 is 2. The van der Waals surface area contributed by atoms with Gasteiger partial charge in [0.25, 0.3) is 0 Å². The van der Waals surface area contributed by atoms with Crippen LogP contribution < -0.4 is 9.47 Å². The minimum Gasteiger partial charge on any atom is -0.493 e. The highest BCUT2D eigenvalue weighted by Gasteiger charge is 2.12. The van der Waals surface area contributed by atoms with E-state index in [0.29, 0.717) is 23.0 Å². The van der Waals surface area contributed by atoms with E-state index in [4.69, 9.17) is 14.6 Å². The number of carboxylic acid groups (broad SMARTS) is 1. The summed E-state index contributed by atoms with van der Waals surface area (Å²) in [7, 11) is 3.09. The van der Waals surface area contributed by atoms with E-state index < -0.39 is 5.97 Å². The number of rotatable bonds is 4. The second kappa shape index (κ2) is 5.56. The van der Waals surface area contributed by atoms with Crippen LogP contribution in [0.15, 0.2) is 24.3 Å². The summed E-state index contributed by atoms with van der Waals surface area (Å²) in [6.07, 6.45) is 0. The Labute approximate surface area is 116 Å². The first-order chi connectivity index (χ1) is 9.55. The van der Waals surface area contributed by atoms with E-state index in [9.17, 15) is 4.79 Å². The van der Waals surface area contributed by atoms with E-state index in [1.165, 1.54) is 13.2 Å². The predicted octanol–water partition coefficient (Wildman–Crippen LogP) is 2.17. The number of aromatic nitrogens is 2. The monoisotopic (exact) mass is 274 g/mol. The van der Waals surface area contributed by atoms with Gasteiger partial charge in [0, 0.05) is 5.56 Å². The summed E-state index contributed by atoms with van der Waals surface area (Å²) < 4.78 is 10.4. The smallest absolute Gasteiger partial charge is 0.354 e. The number of aromatic carboxylic acids is 1. The Balaban J connectivity index is 2.53. The van der Waals surface area contributed by atoms with Crippen molar-refractivity contribution in [2.45, 2.75) is 6.92 Å². The van der Waals surface area contributed by atoms with Crippen LogP contribution in [0.2, 0.25) is 0 Å². The fourth-order valence-electron chi connectivity index (χ4n) is 1.82. The maximum atomic E-state index is 11.0. The second-order valence-corrected chi connectivity index (χ2v) is 4.06. The van der Waals surface area contributed by atoms with Gasteiger partial charge in [-0.05, 0) is 31.2 Å². The van der Waals surface area contributed by atoms with Crippen molar-refractivity contribution < 1.29 is 19.4 Å². The molecule has 6 heteroatoms. The van der Waals surface area contributed by atoms with Gasteiger partial charge in [0.2, 0.25) is 0 Å². The number of nitrogens with zero attached hydrogens (tertiary/aromatic N) is 2. The molecule has 6 nitrogen and oxygen atoms in total. The van der Waals surface area contributed by atoms with Crippen LogP contribution in [0.4, 0.5) is 0 Å². The third-order valence-electron chi connectivity index (χ3n) is 2.74. The van der Waals surface area contributed by atoms with Crippen LogP contribution in [-0.4, -0.2) is 35.3 Å². The van der Waals surface area contributed by atoms with Crippen molar-refractivity contribution in [2.24, 2.45) is 0 Å².